The molecule has 2 aromatic heterocycles. The lowest BCUT2D eigenvalue weighted by Gasteiger charge is -2.40. The summed E-state index contributed by atoms with van der Waals surface area (Å²) in [4.78, 5) is 14.2. The number of piperidine rings is 1. The van der Waals surface area contributed by atoms with E-state index in [0.717, 1.165) is 66.2 Å². The summed E-state index contributed by atoms with van der Waals surface area (Å²) in [5, 5.41) is 0. The molecule has 272 valence electrons. The molecule has 0 atom stereocenters. The zero-order valence-electron chi connectivity index (χ0n) is 30.5. The molecule has 0 N–H and O–H groups in total. The molecule has 3 heterocycles. The molecular weight excluding hydrogens is 663 g/mol. The Balaban J connectivity index is 1.19. The Kier molecular flexibility index (Phi) is 11.6. The maximum Gasteiger partial charge on any atom is 0.203 e. The Morgan fingerprint density at radius 1 is 0.615 bits per heavy atom. The molecule has 0 saturated carbocycles. The van der Waals surface area contributed by atoms with Crippen LogP contribution >= 0.6 is 0 Å². The number of methoxy groups -OCH3 is 6. The van der Waals surface area contributed by atoms with Crippen LogP contribution in [-0.2, 0) is 13.1 Å². The molecule has 1 aliphatic rings. The van der Waals surface area contributed by atoms with Crippen LogP contribution in [0.25, 0.3) is 22.5 Å². The molecule has 1 saturated heterocycles. The molecule has 6 rings (SSSR count). The third-order valence-electron chi connectivity index (χ3n) is 9.48. The number of halogens is 1. The molecule has 0 amide bonds. The van der Waals surface area contributed by atoms with Gasteiger partial charge in [-0.2, -0.15) is 0 Å². The summed E-state index contributed by atoms with van der Waals surface area (Å²) in [6.45, 7) is 3.26. The number of anilines is 1. The van der Waals surface area contributed by atoms with E-state index in [1.165, 1.54) is 17.7 Å². The van der Waals surface area contributed by atoms with Gasteiger partial charge in [-0.15, -0.1) is 0 Å². The third kappa shape index (κ3) is 8.00. The minimum absolute atomic E-state index is 0.254. The van der Waals surface area contributed by atoms with Crippen molar-refractivity contribution in [2.45, 2.75) is 32.0 Å². The number of likely N-dealkylation sites (tertiary alicyclic amines) is 1. The number of ether oxygens (including phenoxy) is 6. The van der Waals surface area contributed by atoms with Crippen molar-refractivity contribution < 1.29 is 32.8 Å². The predicted octanol–water partition coefficient (Wildman–Crippen LogP) is 7.67. The highest BCUT2D eigenvalue weighted by Gasteiger charge is 2.26. The molecule has 1 fully saturated rings. The lowest BCUT2D eigenvalue weighted by Crippen LogP contribution is -2.44. The average molecular weight is 709 g/mol. The molecule has 0 bridgehead atoms. The lowest BCUT2D eigenvalue weighted by atomic mass is 10.00. The van der Waals surface area contributed by atoms with Crippen LogP contribution < -0.4 is 33.3 Å². The van der Waals surface area contributed by atoms with E-state index in [-0.39, 0.29) is 11.9 Å². The summed E-state index contributed by atoms with van der Waals surface area (Å²) in [6, 6.07) is 23.0. The molecule has 5 aromatic rings. The van der Waals surface area contributed by atoms with Crippen LogP contribution in [0.5, 0.6) is 34.5 Å². The van der Waals surface area contributed by atoms with Gasteiger partial charge in [-0.1, -0.05) is 0 Å². The van der Waals surface area contributed by atoms with Crippen LogP contribution in [0.2, 0.25) is 0 Å². The summed E-state index contributed by atoms with van der Waals surface area (Å²) < 4.78 is 47.4. The minimum atomic E-state index is -0.254. The van der Waals surface area contributed by atoms with Crippen LogP contribution in [0, 0.1) is 5.82 Å². The van der Waals surface area contributed by atoms with E-state index in [4.69, 9.17) is 28.4 Å². The standard InChI is InChI=1S/C41H45FN4O6/c1-47-36-21-29(22-37(48-2)40(36)51-5)34-19-27(11-15-43-34)25-45-17-13-33(14-18-45)46(32-9-7-31(42)8-10-32)26-28-12-16-44-35(20-28)30-23-38(49-3)41(52-6)39(24-30)50-4/h7-12,15-16,19-24,33H,13-14,17-18,25-26H2,1-6H3. The van der Waals surface area contributed by atoms with Crippen molar-refractivity contribution in [2.24, 2.45) is 0 Å². The SMILES string of the molecule is COc1cc(-c2cc(CN3CCC(N(Cc4ccnc(-c5cc(OC)c(OC)c(OC)c5)c4)c4ccc(F)cc4)CC3)ccn2)cc(OC)c1OC. The van der Waals surface area contributed by atoms with Gasteiger partial charge in [0, 0.05) is 61.4 Å². The van der Waals surface area contributed by atoms with Gasteiger partial charge in [0.2, 0.25) is 11.5 Å². The van der Waals surface area contributed by atoms with Crippen LogP contribution in [0.4, 0.5) is 10.1 Å². The average Bonchev–Trinajstić information content (AvgIpc) is 3.19. The van der Waals surface area contributed by atoms with E-state index in [2.05, 4.69) is 38.0 Å². The van der Waals surface area contributed by atoms with Gasteiger partial charge in [0.15, 0.2) is 23.0 Å². The van der Waals surface area contributed by atoms with E-state index in [1.807, 2.05) is 54.9 Å². The quantitative estimate of drug-likeness (QED) is 0.115. The number of pyridine rings is 2. The number of hydrogen-bond donors (Lipinski definition) is 0. The third-order valence-corrected chi connectivity index (χ3v) is 9.48. The molecule has 0 radical (unpaired) electrons. The number of nitrogens with zero attached hydrogens (tertiary/aromatic N) is 4. The summed E-state index contributed by atoms with van der Waals surface area (Å²) in [7, 11) is 9.60. The van der Waals surface area contributed by atoms with E-state index >= 15 is 0 Å². The van der Waals surface area contributed by atoms with Gasteiger partial charge in [-0.3, -0.25) is 14.9 Å². The Morgan fingerprint density at radius 3 is 1.54 bits per heavy atom. The maximum atomic E-state index is 14.1. The summed E-state index contributed by atoms with van der Waals surface area (Å²) >= 11 is 0. The fraction of sp³-hybridized carbons (Fsp3) is 0.317. The molecule has 3 aromatic carbocycles. The molecule has 0 spiro atoms. The smallest absolute Gasteiger partial charge is 0.203 e. The first-order valence-corrected chi connectivity index (χ1v) is 17.1. The normalized spacial score (nSPS) is 13.4. The zero-order chi connectivity index (χ0) is 36.6. The molecule has 1 aliphatic heterocycles. The fourth-order valence-corrected chi connectivity index (χ4v) is 6.83. The first-order valence-electron chi connectivity index (χ1n) is 17.1. The van der Waals surface area contributed by atoms with E-state index < -0.39 is 0 Å². The Bertz CT molecular complexity index is 1920. The largest absolute Gasteiger partial charge is 0.493 e. The Labute approximate surface area is 304 Å². The second-order valence-corrected chi connectivity index (χ2v) is 12.5. The first-order chi connectivity index (χ1) is 25.4. The van der Waals surface area contributed by atoms with Crippen LogP contribution in [0.1, 0.15) is 24.0 Å². The van der Waals surface area contributed by atoms with Crippen molar-refractivity contribution in [1.82, 2.24) is 14.9 Å². The summed E-state index contributed by atoms with van der Waals surface area (Å²) in [5.74, 6) is 3.12. The van der Waals surface area contributed by atoms with Gasteiger partial charge in [0.25, 0.3) is 0 Å². The minimum Gasteiger partial charge on any atom is -0.493 e. The van der Waals surface area contributed by atoms with Crippen molar-refractivity contribution in [2.75, 3.05) is 60.6 Å². The number of hydrogen-bond acceptors (Lipinski definition) is 10. The van der Waals surface area contributed by atoms with Gasteiger partial charge in [-0.05, 0) is 96.8 Å². The molecule has 52 heavy (non-hydrogen) atoms. The van der Waals surface area contributed by atoms with E-state index in [0.29, 0.717) is 41.0 Å². The van der Waals surface area contributed by atoms with Gasteiger partial charge in [-0.25, -0.2) is 4.39 Å². The fourth-order valence-electron chi connectivity index (χ4n) is 6.83. The Morgan fingerprint density at radius 2 is 1.08 bits per heavy atom. The van der Waals surface area contributed by atoms with Crippen LogP contribution in [-0.4, -0.2) is 76.7 Å². The zero-order valence-corrected chi connectivity index (χ0v) is 30.5. The van der Waals surface area contributed by atoms with Crippen molar-refractivity contribution in [3.8, 4) is 57.0 Å². The topological polar surface area (TPSA) is 87.6 Å². The number of benzene rings is 3. The highest BCUT2D eigenvalue weighted by molar-refractivity contribution is 5.70. The molecule has 11 heteroatoms. The second-order valence-electron chi connectivity index (χ2n) is 12.5. The molecular formula is C41H45FN4O6. The van der Waals surface area contributed by atoms with Crippen molar-refractivity contribution in [3.05, 3.63) is 102 Å². The second kappa shape index (κ2) is 16.6. The van der Waals surface area contributed by atoms with Crippen molar-refractivity contribution >= 4 is 5.69 Å². The van der Waals surface area contributed by atoms with Gasteiger partial charge in [0.1, 0.15) is 5.82 Å². The van der Waals surface area contributed by atoms with E-state index in [9.17, 15) is 4.39 Å². The van der Waals surface area contributed by atoms with Gasteiger partial charge in [0.05, 0.1) is 54.0 Å². The summed E-state index contributed by atoms with van der Waals surface area (Å²) in [6.07, 6.45) is 5.57. The van der Waals surface area contributed by atoms with Crippen LogP contribution in [0.3, 0.4) is 0 Å². The number of aromatic nitrogens is 2. The van der Waals surface area contributed by atoms with E-state index in [1.54, 1.807) is 42.7 Å². The monoisotopic (exact) mass is 708 g/mol. The van der Waals surface area contributed by atoms with Gasteiger partial charge >= 0.3 is 0 Å². The highest BCUT2D eigenvalue weighted by Crippen LogP contribution is 2.42. The van der Waals surface area contributed by atoms with Gasteiger partial charge < -0.3 is 33.3 Å². The maximum absolute atomic E-state index is 14.1. The van der Waals surface area contributed by atoms with Crippen LogP contribution in [0.15, 0.2) is 85.2 Å². The Hall–Kier alpha value is -5.55. The molecule has 0 aliphatic carbocycles. The molecule has 10 nitrogen and oxygen atoms in total. The number of rotatable bonds is 14. The van der Waals surface area contributed by atoms with Crippen molar-refractivity contribution in [1.29, 1.82) is 0 Å². The van der Waals surface area contributed by atoms with Crippen molar-refractivity contribution in [3.63, 3.8) is 0 Å². The first kappa shape index (κ1) is 36.2. The molecule has 0 unspecified atom stereocenters. The predicted molar refractivity (Wildman–Crippen MR) is 200 cm³/mol. The highest BCUT2D eigenvalue weighted by atomic mass is 19.1. The lowest BCUT2D eigenvalue weighted by molar-refractivity contribution is 0.201. The summed E-state index contributed by atoms with van der Waals surface area (Å²) in [5.41, 5.74) is 6.59.